The molecular weight excluding hydrogens is 258 g/mol. The van der Waals surface area contributed by atoms with E-state index >= 15 is 0 Å². The lowest BCUT2D eigenvalue weighted by atomic mass is 9.98. The van der Waals surface area contributed by atoms with Gasteiger partial charge in [0.05, 0.1) is 0 Å². The predicted octanol–water partition coefficient (Wildman–Crippen LogP) is 4.37. The second kappa shape index (κ2) is 8.48. The summed E-state index contributed by atoms with van der Waals surface area (Å²) < 4.78 is 5.94. The molecule has 112 valence electrons. The predicted molar refractivity (Wildman–Crippen MR) is 88.8 cm³/mol. The Morgan fingerprint density at radius 2 is 1.71 bits per heavy atom. The summed E-state index contributed by atoms with van der Waals surface area (Å²) in [7, 11) is 0. The molecule has 0 saturated heterocycles. The van der Waals surface area contributed by atoms with Crippen LogP contribution in [0.25, 0.3) is 0 Å². The maximum Gasteiger partial charge on any atom is 0.122 e. The third kappa shape index (κ3) is 4.91. The Morgan fingerprint density at radius 3 is 2.48 bits per heavy atom. The largest absolute Gasteiger partial charge is 0.492 e. The van der Waals surface area contributed by atoms with Gasteiger partial charge in [-0.25, -0.2) is 0 Å². The van der Waals surface area contributed by atoms with Crippen molar-refractivity contribution in [2.45, 2.75) is 32.7 Å². The Balaban J connectivity index is 1.76. The molecule has 2 nitrogen and oxygen atoms in total. The molecule has 2 aromatic rings. The number of nitrogens with one attached hydrogen (secondary N) is 1. The zero-order valence-corrected chi connectivity index (χ0v) is 13.0. The van der Waals surface area contributed by atoms with Gasteiger partial charge in [0, 0.05) is 13.1 Å². The van der Waals surface area contributed by atoms with Crippen LogP contribution in [-0.4, -0.2) is 13.2 Å². The monoisotopic (exact) mass is 283 g/mol. The maximum absolute atomic E-state index is 5.94. The van der Waals surface area contributed by atoms with Crippen molar-refractivity contribution in [3.63, 3.8) is 0 Å². The highest BCUT2D eigenvalue weighted by Gasteiger charge is 2.08. The van der Waals surface area contributed by atoms with Crippen LogP contribution in [-0.2, 0) is 6.54 Å². The minimum atomic E-state index is 0.540. The van der Waals surface area contributed by atoms with Gasteiger partial charge in [-0.15, -0.1) is 0 Å². The summed E-state index contributed by atoms with van der Waals surface area (Å²) >= 11 is 0. The second-order valence-electron chi connectivity index (χ2n) is 5.36. The number of benzene rings is 2. The molecule has 0 heterocycles. The van der Waals surface area contributed by atoms with Crippen molar-refractivity contribution < 1.29 is 4.74 Å². The van der Waals surface area contributed by atoms with Crippen LogP contribution >= 0.6 is 0 Å². The van der Waals surface area contributed by atoms with Gasteiger partial charge in [-0.3, -0.25) is 0 Å². The average Bonchev–Trinajstić information content (AvgIpc) is 2.55. The highest BCUT2D eigenvalue weighted by molar-refractivity contribution is 5.35. The van der Waals surface area contributed by atoms with Gasteiger partial charge in [0.2, 0.25) is 0 Å². The molecule has 0 aliphatic rings. The Labute approximate surface area is 128 Å². The Hall–Kier alpha value is -1.80. The van der Waals surface area contributed by atoms with Gasteiger partial charge in [0.1, 0.15) is 12.4 Å². The van der Waals surface area contributed by atoms with Crippen LogP contribution in [0.1, 0.15) is 37.3 Å². The van der Waals surface area contributed by atoms with Gasteiger partial charge in [-0.05, 0) is 29.5 Å². The van der Waals surface area contributed by atoms with Crippen LogP contribution in [0.4, 0.5) is 0 Å². The molecule has 0 bridgehead atoms. The molecule has 0 spiro atoms. The van der Waals surface area contributed by atoms with Gasteiger partial charge in [-0.2, -0.15) is 0 Å². The molecule has 1 atom stereocenters. The summed E-state index contributed by atoms with van der Waals surface area (Å²) in [5, 5.41) is 3.41. The molecule has 0 fully saturated rings. The first-order valence-electron chi connectivity index (χ1n) is 7.77. The van der Waals surface area contributed by atoms with E-state index in [9.17, 15) is 0 Å². The Morgan fingerprint density at radius 1 is 1.00 bits per heavy atom. The fourth-order valence-corrected chi connectivity index (χ4v) is 2.30. The van der Waals surface area contributed by atoms with E-state index in [4.69, 9.17) is 4.74 Å². The van der Waals surface area contributed by atoms with E-state index in [1.807, 2.05) is 12.1 Å². The van der Waals surface area contributed by atoms with E-state index in [1.54, 1.807) is 0 Å². The molecule has 0 aliphatic carbocycles. The average molecular weight is 283 g/mol. The lowest BCUT2D eigenvalue weighted by Gasteiger charge is -2.15. The molecule has 1 N–H and O–H groups in total. The molecule has 2 aromatic carbocycles. The molecule has 0 saturated carbocycles. The third-order valence-electron chi connectivity index (χ3n) is 3.77. The highest BCUT2D eigenvalue weighted by Crippen LogP contribution is 2.28. The molecule has 0 unspecified atom stereocenters. The molecule has 21 heavy (non-hydrogen) atoms. The topological polar surface area (TPSA) is 21.3 Å². The van der Waals surface area contributed by atoms with Crippen LogP contribution in [0.5, 0.6) is 5.75 Å². The van der Waals surface area contributed by atoms with Crippen molar-refractivity contribution in [2.75, 3.05) is 13.2 Å². The van der Waals surface area contributed by atoms with Gasteiger partial charge in [0.25, 0.3) is 0 Å². The highest BCUT2D eigenvalue weighted by atomic mass is 16.5. The van der Waals surface area contributed by atoms with Gasteiger partial charge in [0.15, 0.2) is 0 Å². The Kier molecular flexibility index (Phi) is 6.29. The SMILES string of the molecule is CC[C@H](C)c1ccccc1OCCNCc1ccccc1. The molecular formula is C19H25NO. The minimum absolute atomic E-state index is 0.540. The summed E-state index contributed by atoms with van der Waals surface area (Å²) in [6, 6.07) is 18.8. The summed E-state index contributed by atoms with van der Waals surface area (Å²) in [5.74, 6) is 1.56. The van der Waals surface area contributed by atoms with Gasteiger partial charge >= 0.3 is 0 Å². The van der Waals surface area contributed by atoms with Crippen LogP contribution in [0, 0.1) is 0 Å². The smallest absolute Gasteiger partial charge is 0.122 e. The first-order valence-corrected chi connectivity index (χ1v) is 7.77. The number of para-hydroxylation sites is 1. The summed E-state index contributed by atoms with van der Waals surface area (Å²) in [4.78, 5) is 0. The van der Waals surface area contributed by atoms with Crippen LogP contribution in [0.2, 0.25) is 0 Å². The first-order chi connectivity index (χ1) is 10.3. The van der Waals surface area contributed by atoms with Crippen LogP contribution < -0.4 is 10.1 Å². The lowest BCUT2D eigenvalue weighted by Crippen LogP contribution is -2.20. The van der Waals surface area contributed by atoms with E-state index in [-0.39, 0.29) is 0 Å². The number of ether oxygens (including phenoxy) is 1. The van der Waals surface area contributed by atoms with Crippen molar-refractivity contribution in [3.05, 3.63) is 65.7 Å². The number of rotatable bonds is 8. The van der Waals surface area contributed by atoms with Gasteiger partial charge < -0.3 is 10.1 Å². The summed E-state index contributed by atoms with van der Waals surface area (Å²) in [6.07, 6.45) is 1.13. The molecule has 0 aromatic heterocycles. The van der Waals surface area contributed by atoms with E-state index < -0.39 is 0 Å². The van der Waals surface area contributed by atoms with E-state index in [2.05, 4.69) is 61.6 Å². The van der Waals surface area contributed by atoms with E-state index in [0.29, 0.717) is 12.5 Å². The quantitative estimate of drug-likeness (QED) is 0.726. The second-order valence-corrected chi connectivity index (χ2v) is 5.36. The van der Waals surface area contributed by atoms with Crippen molar-refractivity contribution in [1.82, 2.24) is 5.32 Å². The molecule has 0 amide bonds. The van der Waals surface area contributed by atoms with Crippen molar-refractivity contribution in [2.24, 2.45) is 0 Å². The van der Waals surface area contributed by atoms with Crippen LogP contribution in [0.3, 0.4) is 0 Å². The van der Waals surface area contributed by atoms with Crippen molar-refractivity contribution >= 4 is 0 Å². The Bertz CT molecular complexity index is 524. The van der Waals surface area contributed by atoms with E-state index in [0.717, 1.165) is 25.3 Å². The zero-order chi connectivity index (χ0) is 14.9. The summed E-state index contributed by atoms with van der Waals surface area (Å²) in [6.45, 7) is 6.89. The fourth-order valence-electron chi connectivity index (χ4n) is 2.30. The summed E-state index contributed by atoms with van der Waals surface area (Å²) in [5.41, 5.74) is 2.61. The van der Waals surface area contributed by atoms with Crippen molar-refractivity contribution in [1.29, 1.82) is 0 Å². The minimum Gasteiger partial charge on any atom is -0.492 e. The normalized spacial score (nSPS) is 12.1. The third-order valence-corrected chi connectivity index (χ3v) is 3.77. The molecule has 2 heteroatoms. The van der Waals surface area contributed by atoms with Crippen molar-refractivity contribution in [3.8, 4) is 5.75 Å². The standard InChI is InChI=1S/C19H25NO/c1-3-16(2)18-11-7-8-12-19(18)21-14-13-20-15-17-9-5-4-6-10-17/h4-12,16,20H,3,13-15H2,1-2H3/t16-/m0/s1. The molecule has 0 aliphatic heterocycles. The van der Waals surface area contributed by atoms with Crippen LogP contribution in [0.15, 0.2) is 54.6 Å². The first kappa shape index (κ1) is 15.6. The van der Waals surface area contributed by atoms with E-state index in [1.165, 1.54) is 11.1 Å². The molecule has 2 rings (SSSR count). The number of hydrogen-bond donors (Lipinski definition) is 1. The maximum atomic E-state index is 5.94. The molecule has 0 radical (unpaired) electrons. The zero-order valence-electron chi connectivity index (χ0n) is 13.0. The van der Waals surface area contributed by atoms with Gasteiger partial charge in [-0.1, -0.05) is 62.4 Å². The lowest BCUT2D eigenvalue weighted by molar-refractivity contribution is 0.309. The number of hydrogen-bond acceptors (Lipinski definition) is 2. The fraction of sp³-hybridized carbons (Fsp3) is 0.368.